The molecule has 3 aromatic rings. The molecule has 7 nitrogen and oxygen atoms in total. The maximum Gasteiger partial charge on any atom is 0.234 e. The average molecular weight is 407 g/mol. The normalized spacial score (nSPS) is 11.4. The van der Waals surface area contributed by atoms with E-state index in [4.69, 9.17) is 14.2 Å². The molecule has 0 amide bonds. The van der Waals surface area contributed by atoms with Crippen molar-refractivity contribution in [2.45, 2.75) is 19.1 Å². The van der Waals surface area contributed by atoms with Crippen molar-refractivity contribution < 1.29 is 14.2 Å². The van der Waals surface area contributed by atoms with Gasteiger partial charge in [-0.2, -0.15) is 21.4 Å². The molecule has 0 atom stereocenters. The van der Waals surface area contributed by atoms with Crippen LogP contribution in [0.2, 0.25) is 0 Å². The van der Waals surface area contributed by atoms with E-state index in [1.807, 2.05) is 40.6 Å². The van der Waals surface area contributed by atoms with Gasteiger partial charge < -0.3 is 14.2 Å². The number of fused-ring (bicyclic) bond motifs is 1. The molecule has 9 heteroatoms. The van der Waals surface area contributed by atoms with E-state index in [1.54, 1.807) is 21.3 Å². The summed E-state index contributed by atoms with van der Waals surface area (Å²) in [4.78, 5) is 0.798. The van der Waals surface area contributed by atoms with Crippen LogP contribution >= 0.6 is 23.1 Å². The number of aromatic nitrogens is 4. The summed E-state index contributed by atoms with van der Waals surface area (Å²) in [6.07, 6.45) is 5.05. The van der Waals surface area contributed by atoms with Gasteiger partial charge in [0.1, 0.15) is 5.01 Å². The number of rotatable bonds is 9. The predicted octanol–water partition coefficient (Wildman–Crippen LogP) is 4.03. The molecular formula is C18H22N4O3S2. The second kappa shape index (κ2) is 9.09. The van der Waals surface area contributed by atoms with E-state index < -0.39 is 0 Å². The maximum absolute atomic E-state index is 5.39. The molecule has 0 fully saturated rings. The van der Waals surface area contributed by atoms with Crippen LogP contribution in [-0.2, 0) is 5.75 Å². The zero-order valence-electron chi connectivity index (χ0n) is 15.8. The first-order valence-electron chi connectivity index (χ1n) is 8.47. The van der Waals surface area contributed by atoms with E-state index in [9.17, 15) is 0 Å². The fraction of sp³-hybridized carbons (Fsp3) is 0.389. The van der Waals surface area contributed by atoms with Crippen molar-refractivity contribution in [3.05, 3.63) is 28.5 Å². The first-order valence-corrected chi connectivity index (χ1v) is 10.4. The van der Waals surface area contributed by atoms with Crippen LogP contribution in [0.15, 0.2) is 12.1 Å². The lowest BCUT2D eigenvalue weighted by atomic mass is 10.1. The maximum atomic E-state index is 5.39. The molecule has 3 rings (SSSR count). The minimum atomic E-state index is 0.574. The summed E-state index contributed by atoms with van der Waals surface area (Å²) in [5, 5.41) is 13.9. The van der Waals surface area contributed by atoms with Gasteiger partial charge in [-0.1, -0.05) is 24.3 Å². The van der Waals surface area contributed by atoms with Crippen molar-refractivity contribution in [2.75, 3.05) is 27.1 Å². The van der Waals surface area contributed by atoms with Crippen molar-refractivity contribution in [3.8, 4) is 17.2 Å². The monoisotopic (exact) mass is 406 g/mol. The van der Waals surface area contributed by atoms with Crippen LogP contribution in [0, 0.1) is 0 Å². The highest BCUT2D eigenvalue weighted by Crippen LogP contribution is 2.38. The van der Waals surface area contributed by atoms with Gasteiger partial charge in [-0.15, -0.1) is 10.2 Å². The molecule has 2 aromatic heterocycles. The Morgan fingerprint density at radius 3 is 2.44 bits per heavy atom. The van der Waals surface area contributed by atoms with E-state index in [2.05, 4.69) is 22.2 Å². The van der Waals surface area contributed by atoms with Crippen LogP contribution in [0.4, 0.5) is 0 Å². The van der Waals surface area contributed by atoms with Gasteiger partial charge in [0.15, 0.2) is 17.3 Å². The Bertz CT molecular complexity index is 911. The van der Waals surface area contributed by atoms with E-state index >= 15 is 0 Å². The van der Waals surface area contributed by atoms with Gasteiger partial charge >= 0.3 is 0 Å². The van der Waals surface area contributed by atoms with Crippen molar-refractivity contribution >= 4 is 40.2 Å². The third-order valence-corrected chi connectivity index (χ3v) is 5.78. The molecule has 0 aliphatic carbocycles. The topological polar surface area (TPSA) is 70.8 Å². The molecule has 0 saturated carbocycles. The molecule has 0 aliphatic heterocycles. The minimum Gasteiger partial charge on any atom is -0.493 e. The summed E-state index contributed by atoms with van der Waals surface area (Å²) < 4.78 is 18.0. The second-order valence-corrected chi connectivity index (χ2v) is 7.69. The standard InChI is InChI=1S/C18H22N4O3S2/c1-5-8-26-11-15-19-20-18-22(15)21-16(27-18)7-6-12-9-13(23-2)17(25-4)14(10-12)24-3/h6-7,9-10H,5,8,11H2,1-4H3/b7-6+. The number of hydrogen-bond acceptors (Lipinski definition) is 8. The van der Waals surface area contributed by atoms with Crippen LogP contribution in [0.3, 0.4) is 0 Å². The Morgan fingerprint density at radius 1 is 1.07 bits per heavy atom. The van der Waals surface area contributed by atoms with Gasteiger partial charge in [0.25, 0.3) is 0 Å². The highest BCUT2D eigenvalue weighted by atomic mass is 32.2. The molecule has 2 heterocycles. The van der Waals surface area contributed by atoms with Gasteiger partial charge in [0.2, 0.25) is 10.7 Å². The van der Waals surface area contributed by atoms with E-state index in [-0.39, 0.29) is 0 Å². The first kappa shape index (κ1) is 19.5. The lowest BCUT2D eigenvalue weighted by Crippen LogP contribution is -1.95. The summed E-state index contributed by atoms with van der Waals surface area (Å²) in [5.74, 6) is 4.61. The number of benzene rings is 1. The van der Waals surface area contributed by atoms with E-state index in [0.29, 0.717) is 17.2 Å². The number of nitrogens with zero attached hydrogens (tertiary/aromatic N) is 4. The SMILES string of the molecule is CCCSCc1nnc2sc(/C=C/c3cc(OC)c(OC)c(OC)c3)nn12. The Morgan fingerprint density at radius 2 is 1.81 bits per heavy atom. The Kier molecular flexibility index (Phi) is 6.57. The highest BCUT2D eigenvalue weighted by molar-refractivity contribution is 7.98. The average Bonchev–Trinajstić information content (AvgIpc) is 3.26. The van der Waals surface area contributed by atoms with Gasteiger partial charge in [-0.05, 0) is 35.9 Å². The van der Waals surface area contributed by atoms with Crippen LogP contribution in [0.25, 0.3) is 17.1 Å². The van der Waals surface area contributed by atoms with Gasteiger partial charge in [0.05, 0.1) is 27.1 Å². The fourth-order valence-electron chi connectivity index (χ4n) is 2.50. The molecular weight excluding hydrogens is 384 g/mol. The molecule has 144 valence electrons. The quantitative estimate of drug-likeness (QED) is 0.497. The summed E-state index contributed by atoms with van der Waals surface area (Å²) in [7, 11) is 4.79. The molecule has 0 unspecified atom stereocenters. The largest absolute Gasteiger partial charge is 0.493 e. The van der Waals surface area contributed by atoms with Crippen molar-refractivity contribution in [2.24, 2.45) is 0 Å². The molecule has 0 spiro atoms. The molecule has 1 aromatic carbocycles. The van der Waals surface area contributed by atoms with Crippen molar-refractivity contribution in [3.63, 3.8) is 0 Å². The summed E-state index contributed by atoms with van der Waals surface area (Å²) >= 11 is 3.34. The molecule has 27 heavy (non-hydrogen) atoms. The lowest BCUT2D eigenvalue weighted by molar-refractivity contribution is 0.324. The van der Waals surface area contributed by atoms with Gasteiger partial charge in [-0.25, -0.2) is 0 Å². The smallest absolute Gasteiger partial charge is 0.234 e. The number of ether oxygens (including phenoxy) is 3. The Labute approximate surface area is 166 Å². The Hall–Kier alpha value is -2.26. The summed E-state index contributed by atoms with van der Waals surface area (Å²) in [6.45, 7) is 2.17. The van der Waals surface area contributed by atoms with Crippen LogP contribution in [-0.4, -0.2) is 46.9 Å². The van der Waals surface area contributed by atoms with Crippen LogP contribution < -0.4 is 14.2 Å². The summed E-state index contributed by atoms with van der Waals surface area (Å²) in [6, 6.07) is 3.79. The zero-order valence-corrected chi connectivity index (χ0v) is 17.4. The van der Waals surface area contributed by atoms with Crippen molar-refractivity contribution in [1.82, 2.24) is 19.8 Å². The van der Waals surface area contributed by atoms with Crippen LogP contribution in [0.5, 0.6) is 17.2 Å². The molecule has 0 aliphatic rings. The van der Waals surface area contributed by atoms with E-state index in [1.165, 1.54) is 11.3 Å². The predicted molar refractivity (Wildman–Crippen MR) is 110 cm³/mol. The lowest BCUT2D eigenvalue weighted by Gasteiger charge is -2.12. The fourth-order valence-corrected chi connectivity index (χ4v) is 4.06. The number of methoxy groups -OCH3 is 3. The first-order chi connectivity index (χ1) is 13.2. The molecule has 0 radical (unpaired) electrons. The van der Waals surface area contributed by atoms with Gasteiger partial charge in [0, 0.05) is 0 Å². The number of hydrogen-bond donors (Lipinski definition) is 0. The van der Waals surface area contributed by atoms with Crippen molar-refractivity contribution in [1.29, 1.82) is 0 Å². The minimum absolute atomic E-state index is 0.574. The zero-order chi connectivity index (χ0) is 19.2. The number of thioether (sulfide) groups is 1. The van der Waals surface area contributed by atoms with Gasteiger partial charge in [-0.3, -0.25) is 0 Å². The van der Waals surface area contributed by atoms with E-state index in [0.717, 1.165) is 39.3 Å². The third kappa shape index (κ3) is 4.36. The third-order valence-electron chi connectivity index (χ3n) is 3.76. The van der Waals surface area contributed by atoms with Crippen LogP contribution in [0.1, 0.15) is 29.7 Å². The molecule has 0 saturated heterocycles. The second-order valence-electron chi connectivity index (χ2n) is 5.60. The molecule has 0 bridgehead atoms. The Balaban J connectivity index is 1.83. The molecule has 0 N–H and O–H groups in total. The highest BCUT2D eigenvalue weighted by Gasteiger charge is 2.13. The summed E-state index contributed by atoms with van der Waals surface area (Å²) in [5.41, 5.74) is 0.925.